The summed E-state index contributed by atoms with van der Waals surface area (Å²) in [5.74, 6) is 0.664. The molecule has 0 heterocycles. The number of nitrogens with zero attached hydrogens (tertiary/aromatic N) is 1. The summed E-state index contributed by atoms with van der Waals surface area (Å²) in [5.41, 5.74) is 2.05. The topological polar surface area (TPSA) is 50.1 Å². The molecule has 0 radical (unpaired) electrons. The Labute approximate surface area is 112 Å². The maximum atomic E-state index is 12.3. The van der Waals surface area contributed by atoms with E-state index in [2.05, 4.69) is 6.07 Å². The van der Waals surface area contributed by atoms with Crippen LogP contribution in [-0.4, -0.2) is 12.9 Å². The third-order valence-electron chi connectivity index (χ3n) is 2.82. The van der Waals surface area contributed by atoms with Crippen molar-refractivity contribution in [3.05, 3.63) is 65.2 Å². The number of carbonyl (C=O) groups excluding carboxylic acids is 1. The number of rotatable bonds is 4. The number of methoxy groups -OCH3 is 1. The molecule has 0 aliphatic heterocycles. The zero-order valence-electron chi connectivity index (χ0n) is 10.6. The van der Waals surface area contributed by atoms with E-state index < -0.39 is 0 Å². The molecule has 0 unspecified atom stereocenters. The van der Waals surface area contributed by atoms with Crippen molar-refractivity contribution in [2.75, 3.05) is 7.11 Å². The van der Waals surface area contributed by atoms with Gasteiger partial charge < -0.3 is 4.74 Å². The Morgan fingerprint density at radius 1 is 1.16 bits per heavy atom. The molecule has 0 fully saturated rings. The van der Waals surface area contributed by atoms with E-state index in [9.17, 15) is 4.79 Å². The van der Waals surface area contributed by atoms with Crippen molar-refractivity contribution in [3.63, 3.8) is 0 Å². The molecule has 0 amide bonds. The van der Waals surface area contributed by atoms with Gasteiger partial charge in [0.15, 0.2) is 5.78 Å². The Balaban J connectivity index is 2.27. The van der Waals surface area contributed by atoms with Gasteiger partial charge in [-0.2, -0.15) is 5.26 Å². The number of hydrogen-bond donors (Lipinski definition) is 0. The van der Waals surface area contributed by atoms with Crippen LogP contribution in [0.3, 0.4) is 0 Å². The third-order valence-corrected chi connectivity index (χ3v) is 2.82. The lowest BCUT2D eigenvalue weighted by Crippen LogP contribution is -2.01. The minimum atomic E-state index is -0.0533. The summed E-state index contributed by atoms with van der Waals surface area (Å²) >= 11 is 0. The largest absolute Gasteiger partial charge is 0.497 e. The summed E-state index contributed by atoms with van der Waals surface area (Å²) in [6.07, 6.45) is 0.309. The van der Waals surface area contributed by atoms with Crippen LogP contribution >= 0.6 is 0 Å². The van der Waals surface area contributed by atoms with Gasteiger partial charge in [0, 0.05) is 11.1 Å². The lowest BCUT2D eigenvalue weighted by atomic mass is 10.0. The van der Waals surface area contributed by atoms with Gasteiger partial charge in [-0.05, 0) is 35.9 Å². The molecule has 2 rings (SSSR count). The van der Waals surface area contributed by atoms with Crippen molar-refractivity contribution in [2.24, 2.45) is 0 Å². The van der Waals surface area contributed by atoms with Gasteiger partial charge in [-0.3, -0.25) is 4.79 Å². The van der Waals surface area contributed by atoms with Crippen molar-refractivity contribution in [1.82, 2.24) is 0 Å². The van der Waals surface area contributed by atoms with Crippen LogP contribution in [-0.2, 0) is 6.42 Å². The maximum Gasteiger partial charge on any atom is 0.193 e. The molecule has 0 bridgehead atoms. The summed E-state index contributed by atoms with van der Waals surface area (Å²) in [5, 5.41) is 8.68. The fourth-order valence-electron chi connectivity index (χ4n) is 1.82. The molecule has 3 heteroatoms. The van der Waals surface area contributed by atoms with E-state index in [1.54, 1.807) is 49.6 Å². The van der Waals surface area contributed by atoms with Gasteiger partial charge in [0.05, 0.1) is 19.6 Å². The van der Waals surface area contributed by atoms with Gasteiger partial charge in [-0.25, -0.2) is 0 Å². The maximum absolute atomic E-state index is 12.3. The van der Waals surface area contributed by atoms with Gasteiger partial charge in [0.1, 0.15) is 5.75 Å². The van der Waals surface area contributed by atoms with Crippen LogP contribution in [0.15, 0.2) is 48.5 Å². The molecule has 0 spiro atoms. The van der Waals surface area contributed by atoms with E-state index in [1.165, 1.54) is 0 Å². The molecule has 0 aromatic heterocycles. The number of ketones is 1. The molecule has 0 saturated heterocycles. The van der Waals surface area contributed by atoms with E-state index in [0.717, 1.165) is 11.3 Å². The van der Waals surface area contributed by atoms with Crippen LogP contribution in [0.25, 0.3) is 0 Å². The first-order chi connectivity index (χ1) is 9.24. The molecule has 0 saturated carbocycles. The van der Waals surface area contributed by atoms with E-state index in [1.807, 2.05) is 6.07 Å². The third kappa shape index (κ3) is 2.99. The van der Waals surface area contributed by atoms with Gasteiger partial charge in [-0.1, -0.05) is 18.2 Å². The molecule has 94 valence electrons. The Hall–Kier alpha value is -2.60. The van der Waals surface area contributed by atoms with Crippen LogP contribution in [0.5, 0.6) is 5.75 Å². The Morgan fingerprint density at radius 3 is 2.53 bits per heavy atom. The molecule has 0 aliphatic rings. The van der Waals surface area contributed by atoms with Crippen LogP contribution in [0, 0.1) is 11.3 Å². The summed E-state index contributed by atoms with van der Waals surface area (Å²) in [6, 6.07) is 16.2. The second-order valence-electron chi connectivity index (χ2n) is 4.09. The molecule has 19 heavy (non-hydrogen) atoms. The number of nitriles is 1. The van der Waals surface area contributed by atoms with Crippen molar-refractivity contribution >= 4 is 5.78 Å². The van der Waals surface area contributed by atoms with E-state index in [0.29, 0.717) is 17.5 Å². The number of benzene rings is 2. The fourth-order valence-corrected chi connectivity index (χ4v) is 1.82. The highest BCUT2D eigenvalue weighted by molar-refractivity contribution is 6.09. The first kappa shape index (κ1) is 12.8. The first-order valence-electron chi connectivity index (χ1n) is 5.89. The van der Waals surface area contributed by atoms with Crippen LogP contribution < -0.4 is 4.74 Å². The molecule has 2 aromatic carbocycles. The summed E-state index contributed by atoms with van der Waals surface area (Å²) in [6.45, 7) is 0. The highest BCUT2D eigenvalue weighted by Gasteiger charge is 2.09. The van der Waals surface area contributed by atoms with Crippen LogP contribution in [0.2, 0.25) is 0 Å². The lowest BCUT2D eigenvalue weighted by molar-refractivity contribution is 0.103. The standard InChI is InChI=1S/C16H13NO2/c1-19-15-7-5-13(6-8-15)16(18)14-4-2-3-12(11-14)9-10-17/h2-8,11H,9H2,1H3. The number of carbonyl (C=O) groups is 1. The number of ether oxygens (including phenoxy) is 1. The molecule has 0 N–H and O–H groups in total. The summed E-state index contributed by atoms with van der Waals surface area (Å²) in [7, 11) is 1.59. The fraction of sp³-hybridized carbons (Fsp3) is 0.125. The van der Waals surface area contributed by atoms with Crippen molar-refractivity contribution in [1.29, 1.82) is 5.26 Å². The van der Waals surface area contributed by atoms with E-state index in [-0.39, 0.29) is 5.78 Å². The predicted molar refractivity (Wildman–Crippen MR) is 72.2 cm³/mol. The monoisotopic (exact) mass is 251 g/mol. The molecule has 0 atom stereocenters. The van der Waals surface area contributed by atoms with Gasteiger partial charge in [0.2, 0.25) is 0 Å². The minimum Gasteiger partial charge on any atom is -0.497 e. The van der Waals surface area contributed by atoms with Crippen molar-refractivity contribution < 1.29 is 9.53 Å². The normalized spacial score (nSPS) is 9.68. The van der Waals surface area contributed by atoms with Gasteiger partial charge >= 0.3 is 0 Å². The number of hydrogen-bond acceptors (Lipinski definition) is 3. The second kappa shape index (κ2) is 5.83. The average molecular weight is 251 g/mol. The lowest BCUT2D eigenvalue weighted by Gasteiger charge is -2.04. The SMILES string of the molecule is COc1ccc(C(=O)c2cccc(CC#N)c2)cc1. The molecule has 2 aromatic rings. The van der Waals surface area contributed by atoms with E-state index >= 15 is 0 Å². The van der Waals surface area contributed by atoms with Gasteiger partial charge in [-0.15, -0.1) is 0 Å². The smallest absolute Gasteiger partial charge is 0.193 e. The highest BCUT2D eigenvalue weighted by Crippen LogP contribution is 2.16. The predicted octanol–water partition coefficient (Wildman–Crippen LogP) is 2.99. The zero-order chi connectivity index (χ0) is 13.7. The van der Waals surface area contributed by atoms with Crippen molar-refractivity contribution in [2.45, 2.75) is 6.42 Å². The Kier molecular flexibility index (Phi) is 3.94. The van der Waals surface area contributed by atoms with Crippen LogP contribution in [0.4, 0.5) is 0 Å². The zero-order valence-corrected chi connectivity index (χ0v) is 10.6. The minimum absolute atomic E-state index is 0.0533. The Bertz CT molecular complexity index is 624. The Morgan fingerprint density at radius 2 is 1.89 bits per heavy atom. The van der Waals surface area contributed by atoms with E-state index in [4.69, 9.17) is 10.00 Å². The summed E-state index contributed by atoms with van der Waals surface area (Å²) < 4.78 is 5.06. The molecular weight excluding hydrogens is 238 g/mol. The van der Waals surface area contributed by atoms with Gasteiger partial charge in [0.25, 0.3) is 0 Å². The second-order valence-corrected chi connectivity index (χ2v) is 4.09. The summed E-state index contributed by atoms with van der Waals surface area (Å²) in [4.78, 5) is 12.3. The first-order valence-corrected chi connectivity index (χ1v) is 5.89. The molecule has 0 aliphatic carbocycles. The highest BCUT2D eigenvalue weighted by atomic mass is 16.5. The quantitative estimate of drug-likeness (QED) is 0.785. The average Bonchev–Trinajstić information content (AvgIpc) is 2.47. The molecule has 3 nitrogen and oxygen atoms in total. The molecular formula is C16H13NO2. The van der Waals surface area contributed by atoms with Crippen molar-refractivity contribution in [3.8, 4) is 11.8 Å². The van der Waals surface area contributed by atoms with Crippen LogP contribution in [0.1, 0.15) is 21.5 Å².